The van der Waals surface area contributed by atoms with E-state index < -0.39 is 6.10 Å². The minimum absolute atomic E-state index is 0.399. The van der Waals surface area contributed by atoms with Gasteiger partial charge in [0.1, 0.15) is 0 Å². The number of hydrogen-bond acceptors (Lipinski definition) is 4. The van der Waals surface area contributed by atoms with Crippen molar-refractivity contribution in [3.8, 4) is 0 Å². The van der Waals surface area contributed by atoms with Crippen molar-refractivity contribution < 1.29 is 5.11 Å². The molecular formula is C17H23N3O. The average molecular weight is 285 g/mol. The van der Waals surface area contributed by atoms with E-state index >= 15 is 0 Å². The summed E-state index contributed by atoms with van der Waals surface area (Å²) in [7, 11) is 4.30. The van der Waals surface area contributed by atoms with E-state index in [1.807, 2.05) is 30.5 Å². The normalized spacial score (nSPS) is 22.5. The maximum Gasteiger partial charge on any atom is 0.0811 e. The molecule has 1 saturated heterocycles. The van der Waals surface area contributed by atoms with Gasteiger partial charge in [0.05, 0.1) is 6.10 Å². The molecule has 4 heteroatoms. The highest BCUT2D eigenvalue weighted by molar-refractivity contribution is 5.85. The van der Waals surface area contributed by atoms with Crippen molar-refractivity contribution in [1.29, 1.82) is 0 Å². The van der Waals surface area contributed by atoms with Gasteiger partial charge in [-0.1, -0.05) is 18.2 Å². The van der Waals surface area contributed by atoms with Crippen LogP contribution in [0.4, 0.5) is 0 Å². The fraction of sp³-hybridized carbons (Fsp3) is 0.471. The summed E-state index contributed by atoms with van der Waals surface area (Å²) in [5, 5.41) is 12.9. The Bertz CT molecular complexity index is 611. The van der Waals surface area contributed by atoms with E-state index in [1.54, 1.807) is 6.20 Å². The number of aliphatic hydroxyl groups excluding tert-OH is 1. The van der Waals surface area contributed by atoms with Gasteiger partial charge in [0, 0.05) is 43.5 Å². The molecule has 112 valence electrons. The molecule has 0 aliphatic carbocycles. The van der Waals surface area contributed by atoms with E-state index in [1.165, 1.54) is 0 Å². The summed E-state index contributed by atoms with van der Waals surface area (Å²) in [4.78, 5) is 8.85. The van der Waals surface area contributed by atoms with Crippen molar-refractivity contribution >= 4 is 10.8 Å². The Labute approximate surface area is 126 Å². The predicted molar refractivity (Wildman–Crippen MR) is 85.2 cm³/mol. The van der Waals surface area contributed by atoms with Gasteiger partial charge in [-0.2, -0.15) is 0 Å². The first-order valence-electron chi connectivity index (χ1n) is 7.54. The lowest BCUT2D eigenvalue weighted by molar-refractivity contribution is 0.0640. The molecule has 2 heterocycles. The summed E-state index contributed by atoms with van der Waals surface area (Å²) in [5.74, 6) is 0. The lowest BCUT2D eigenvalue weighted by Crippen LogP contribution is -2.50. The predicted octanol–water partition coefficient (Wildman–Crippen LogP) is 1.90. The molecule has 1 fully saturated rings. The summed E-state index contributed by atoms with van der Waals surface area (Å²) < 4.78 is 0. The Morgan fingerprint density at radius 3 is 3.00 bits per heavy atom. The molecule has 1 aromatic carbocycles. The van der Waals surface area contributed by atoms with Crippen molar-refractivity contribution in [1.82, 2.24) is 14.8 Å². The lowest BCUT2D eigenvalue weighted by atomic mass is 9.96. The summed E-state index contributed by atoms with van der Waals surface area (Å²) >= 11 is 0. The van der Waals surface area contributed by atoms with Gasteiger partial charge in [-0.25, -0.2) is 0 Å². The minimum Gasteiger partial charge on any atom is -0.388 e. The molecule has 4 nitrogen and oxygen atoms in total. The third-order valence-corrected chi connectivity index (χ3v) is 4.55. The Balaban J connectivity index is 1.82. The molecule has 1 aromatic heterocycles. The molecule has 21 heavy (non-hydrogen) atoms. The van der Waals surface area contributed by atoms with Crippen LogP contribution in [0.15, 0.2) is 36.7 Å². The molecule has 0 spiro atoms. The Kier molecular flexibility index (Phi) is 4.19. The van der Waals surface area contributed by atoms with Crippen LogP contribution in [0.25, 0.3) is 10.8 Å². The summed E-state index contributed by atoms with van der Waals surface area (Å²) in [6.45, 7) is 3.18. The van der Waals surface area contributed by atoms with Gasteiger partial charge >= 0.3 is 0 Å². The molecule has 2 aromatic rings. The summed E-state index contributed by atoms with van der Waals surface area (Å²) in [5.41, 5.74) is 1.01. The number of rotatable bonds is 3. The quantitative estimate of drug-likeness (QED) is 0.935. The molecule has 0 bridgehead atoms. The minimum atomic E-state index is -0.435. The highest BCUT2D eigenvalue weighted by Gasteiger charge is 2.25. The molecule has 1 N–H and O–H groups in total. The van der Waals surface area contributed by atoms with E-state index in [9.17, 15) is 5.11 Å². The van der Waals surface area contributed by atoms with E-state index in [0.717, 1.165) is 42.4 Å². The maximum atomic E-state index is 10.7. The van der Waals surface area contributed by atoms with Crippen LogP contribution in [0.1, 0.15) is 18.1 Å². The molecule has 2 unspecified atom stereocenters. The van der Waals surface area contributed by atoms with E-state index in [-0.39, 0.29) is 0 Å². The average Bonchev–Trinajstić information content (AvgIpc) is 2.50. The topological polar surface area (TPSA) is 39.6 Å². The highest BCUT2D eigenvalue weighted by atomic mass is 16.3. The smallest absolute Gasteiger partial charge is 0.0811 e. The Morgan fingerprint density at radius 2 is 2.14 bits per heavy atom. The molecule has 0 amide bonds. The van der Waals surface area contributed by atoms with Crippen molar-refractivity contribution in [3.63, 3.8) is 0 Å². The lowest BCUT2D eigenvalue weighted by Gasteiger charge is -2.38. The maximum absolute atomic E-state index is 10.7. The second-order valence-electron chi connectivity index (χ2n) is 6.09. The first-order valence-corrected chi connectivity index (χ1v) is 7.54. The highest BCUT2D eigenvalue weighted by Crippen LogP contribution is 2.28. The van der Waals surface area contributed by atoms with Crippen molar-refractivity contribution in [2.75, 3.05) is 33.7 Å². The van der Waals surface area contributed by atoms with Gasteiger partial charge in [0.2, 0.25) is 0 Å². The van der Waals surface area contributed by atoms with Crippen LogP contribution in [-0.2, 0) is 0 Å². The number of hydrogen-bond donors (Lipinski definition) is 1. The number of likely N-dealkylation sites (N-methyl/N-ethyl adjacent to an activating group) is 2. The van der Waals surface area contributed by atoms with Crippen molar-refractivity contribution in [3.05, 3.63) is 42.2 Å². The number of aliphatic hydroxyl groups is 1. The van der Waals surface area contributed by atoms with Gasteiger partial charge in [0.15, 0.2) is 0 Å². The second-order valence-corrected chi connectivity index (χ2v) is 6.09. The Hall–Kier alpha value is -1.49. The molecular weight excluding hydrogens is 262 g/mol. The van der Waals surface area contributed by atoms with Crippen LogP contribution in [0, 0.1) is 0 Å². The number of piperazine rings is 1. The standard InChI is InChI=1S/C17H23N3O/c1-19-8-9-20(2)14(12-19)10-17(21)16-5-3-4-13-11-18-7-6-15(13)16/h3-7,11,14,17,21H,8-10,12H2,1-2H3. The Morgan fingerprint density at radius 1 is 1.29 bits per heavy atom. The first-order chi connectivity index (χ1) is 10.1. The zero-order chi connectivity index (χ0) is 14.8. The molecule has 0 radical (unpaired) electrons. The number of benzene rings is 1. The molecule has 3 rings (SSSR count). The van der Waals surface area contributed by atoms with Gasteiger partial charge in [-0.05, 0) is 37.5 Å². The van der Waals surface area contributed by atoms with Gasteiger partial charge in [-0.3, -0.25) is 4.98 Å². The van der Waals surface area contributed by atoms with E-state index in [0.29, 0.717) is 6.04 Å². The monoisotopic (exact) mass is 285 g/mol. The van der Waals surface area contributed by atoms with Crippen LogP contribution in [0.2, 0.25) is 0 Å². The number of nitrogens with zero attached hydrogens (tertiary/aromatic N) is 3. The van der Waals surface area contributed by atoms with E-state index in [4.69, 9.17) is 0 Å². The van der Waals surface area contributed by atoms with Gasteiger partial charge in [-0.15, -0.1) is 0 Å². The number of fused-ring (bicyclic) bond motifs is 1. The number of pyridine rings is 1. The van der Waals surface area contributed by atoms with Gasteiger partial charge in [0.25, 0.3) is 0 Å². The van der Waals surface area contributed by atoms with Gasteiger partial charge < -0.3 is 14.9 Å². The zero-order valence-corrected chi connectivity index (χ0v) is 12.7. The fourth-order valence-electron chi connectivity index (χ4n) is 3.18. The van der Waals surface area contributed by atoms with Crippen LogP contribution in [0.5, 0.6) is 0 Å². The third kappa shape index (κ3) is 3.07. The van der Waals surface area contributed by atoms with Crippen LogP contribution >= 0.6 is 0 Å². The fourth-order valence-corrected chi connectivity index (χ4v) is 3.18. The van der Waals surface area contributed by atoms with Crippen molar-refractivity contribution in [2.24, 2.45) is 0 Å². The molecule has 2 atom stereocenters. The molecule has 1 aliphatic heterocycles. The molecule has 1 aliphatic rings. The molecule has 0 saturated carbocycles. The second kappa shape index (κ2) is 6.10. The van der Waals surface area contributed by atoms with Crippen LogP contribution < -0.4 is 0 Å². The summed E-state index contributed by atoms with van der Waals surface area (Å²) in [6, 6.07) is 8.46. The largest absolute Gasteiger partial charge is 0.388 e. The first kappa shape index (κ1) is 14.4. The zero-order valence-electron chi connectivity index (χ0n) is 12.7. The van der Waals surface area contributed by atoms with E-state index in [2.05, 4.69) is 28.9 Å². The van der Waals surface area contributed by atoms with Crippen molar-refractivity contribution in [2.45, 2.75) is 18.6 Å². The van der Waals surface area contributed by atoms with Crippen LogP contribution in [0.3, 0.4) is 0 Å². The van der Waals surface area contributed by atoms with Crippen LogP contribution in [-0.4, -0.2) is 59.7 Å². The summed E-state index contributed by atoms with van der Waals surface area (Å²) in [6.07, 6.45) is 3.97. The third-order valence-electron chi connectivity index (χ3n) is 4.55. The SMILES string of the molecule is CN1CCN(C)C(CC(O)c2cccc3cnccc23)C1. The number of aromatic nitrogens is 1.